The van der Waals surface area contributed by atoms with E-state index >= 15 is 0 Å². The van der Waals surface area contributed by atoms with Crippen molar-refractivity contribution in [2.75, 3.05) is 6.54 Å². The second kappa shape index (κ2) is 10.2. The summed E-state index contributed by atoms with van der Waals surface area (Å²) in [6.07, 6.45) is 0. The van der Waals surface area contributed by atoms with Gasteiger partial charge in [0.2, 0.25) is 0 Å². The number of carbonyl (C=O) groups is 3. The molecule has 10 heteroatoms. The molecule has 178 valence electrons. The lowest BCUT2D eigenvalue weighted by Gasteiger charge is -2.19. The molecular weight excluding hydrogens is 474 g/mol. The van der Waals surface area contributed by atoms with E-state index in [1.165, 1.54) is 29.0 Å². The largest absolute Gasteiger partial charge is 0.506 e. The van der Waals surface area contributed by atoms with Gasteiger partial charge in [0.05, 0.1) is 25.9 Å². The third-order valence-electron chi connectivity index (χ3n) is 4.95. The molecule has 0 radical (unpaired) electrons. The van der Waals surface area contributed by atoms with Gasteiger partial charge in [-0.3, -0.25) is 14.4 Å². The molecule has 0 fully saturated rings. The molecule has 0 aliphatic carbocycles. The molecule has 1 aromatic carbocycles. The Hall–Kier alpha value is -3.50. The summed E-state index contributed by atoms with van der Waals surface area (Å²) >= 11 is 2.31. The van der Waals surface area contributed by atoms with Crippen molar-refractivity contribution in [2.24, 2.45) is 5.10 Å². The molecule has 0 saturated carbocycles. The molecule has 8 nitrogen and oxygen atoms in total. The van der Waals surface area contributed by atoms with Crippen molar-refractivity contribution in [1.29, 1.82) is 0 Å². The van der Waals surface area contributed by atoms with E-state index in [1.54, 1.807) is 12.3 Å². The number of amides is 2. The Balaban J connectivity index is 1.69. The van der Waals surface area contributed by atoms with Gasteiger partial charge >= 0.3 is 5.97 Å². The zero-order valence-corrected chi connectivity index (χ0v) is 20.8. The Kier molecular flexibility index (Phi) is 7.53. The number of carboxylic acid groups (broad SMARTS) is 1. The fourth-order valence-electron chi connectivity index (χ4n) is 3.01. The number of nitrogens with one attached hydrogen (secondary N) is 2. The topological polar surface area (TPSA) is 128 Å². The summed E-state index contributed by atoms with van der Waals surface area (Å²) in [5.41, 5.74) is 5.50. The second-order valence-electron chi connectivity index (χ2n) is 8.53. The molecule has 0 atom stereocenters. The summed E-state index contributed by atoms with van der Waals surface area (Å²) in [5, 5.41) is 27.5. The molecule has 3 aromatic rings. The van der Waals surface area contributed by atoms with Gasteiger partial charge in [-0.15, -0.1) is 22.7 Å². The first kappa shape index (κ1) is 25.1. The molecular formula is C24H25N3O5S2. The van der Waals surface area contributed by atoms with Crippen LogP contribution < -0.4 is 10.7 Å². The number of rotatable bonds is 7. The minimum Gasteiger partial charge on any atom is -0.506 e. The lowest BCUT2D eigenvalue weighted by molar-refractivity contribution is -0.135. The standard InChI is InChI=1S/C24H25N3O5S2/c1-13(26-27-23(32)18-10-9-17(34-18)22(31)25-11-19(28)29)16-12-33-21(20(16)30)14-5-7-15(8-6-14)24(2,3)4/h5-10,12,30H,11H2,1-4H3,(H,25,31)(H,27,32)(H,28,29). The summed E-state index contributed by atoms with van der Waals surface area (Å²) in [4.78, 5) is 36.1. The Morgan fingerprint density at radius 1 is 1.00 bits per heavy atom. The van der Waals surface area contributed by atoms with Crippen molar-refractivity contribution in [2.45, 2.75) is 33.1 Å². The number of thiophene rings is 2. The highest BCUT2D eigenvalue weighted by Gasteiger charge is 2.18. The van der Waals surface area contributed by atoms with Gasteiger partial charge < -0.3 is 15.5 Å². The van der Waals surface area contributed by atoms with Crippen molar-refractivity contribution in [3.63, 3.8) is 0 Å². The molecule has 0 bridgehead atoms. The third kappa shape index (κ3) is 5.89. The van der Waals surface area contributed by atoms with Crippen LogP contribution in [0.25, 0.3) is 10.4 Å². The van der Waals surface area contributed by atoms with Gasteiger partial charge in [-0.25, -0.2) is 5.43 Å². The summed E-state index contributed by atoms with van der Waals surface area (Å²) < 4.78 is 0. The molecule has 0 unspecified atom stereocenters. The van der Waals surface area contributed by atoms with Gasteiger partial charge in [-0.2, -0.15) is 5.10 Å². The van der Waals surface area contributed by atoms with Crippen LogP contribution in [0, 0.1) is 0 Å². The fraction of sp³-hybridized carbons (Fsp3) is 0.250. The highest BCUT2D eigenvalue weighted by atomic mass is 32.1. The molecule has 0 spiro atoms. The first-order chi connectivity index (χ1) is 16.0. The summed E-state index contributed by atoms with van der Waals surface area (Å²) in [6, 6.07) is 11.0. The van der Waals surface area contributed by atoms with E-state index in [0.29, 0.717) is 16.2 Å². The average Bonchev–Trinajstić information content (AvgIpc) is 3.42. The molecule has 0 aliphatic heterocycles. The van der Waals surface area contributed by atoms with E-state index < -0.39 is 24.3 Å². The lowest BCUT2D eigenvalue weighted by atomic mass is 9.86. The Morgan fingerprint density at radius 2 is 1.62 bits per heavy atom. The highest BCUT2D eigenvalue weighted by Crippen LogP contribution is 2.39. The lowest BCUT2D eigenvalue weighted by Crippen LogP contribution is -2.28. The smallest absolute Gasteiger partial charge is 0.322 e. The number of aliphatic carboxylic acids is 1. The first-order valence-corrected chi connectivity index (χ1v) is 12.0. The molecule has 0 aliphatic rings. The molecule has 34 heavy (non-hydrogen) atoms. The number of nitrogens with zero attached hydrogens (tertiary/aromatic N) is 1. The number of hydrazone groups is 1. The number of hydrogen-bond acceptors (Lipinski definition) is 7. The molecule has 3 rings (SSSR count). The van der Waals surface area contributed by atoms with Crippen molar-refractivity contribution in [3.8, 4) is 16.2 Å². The van der Waals surface area contributed by atoms with E-state index in [2.05, 4.69) is 36.6 Å². The minimum atomic E-state index is -1.16. The Labute approximate surface area is 205 Å². The van der Waals surface area contributed by atoms with Crippen molar-refractivity contribution >= 4 is 46.2 Å². The quantitative estimate of drug-likeness (QED) is 0.282. The van der Waals surface area contributed by atoms with Crippen LogP contribution >= 0.6 is 22.7 Å². The number of hydrogen-bond donors (Lipinski definition) is 4. The molecule has 2 aromatic heterocycles. The number of carbonyl (C=O) groups excluding carboxylic acids is 2. The monoisotopic (exact) mass is 499 g/mol. The van der Waals surface area contributed by atoms with Crippen LogP contribution in [0.5, 0.6) is 5.75 Å². The van der Waals surface area contributed by atoms with E-state index in [-0.39, 0.29) is 20.9 Å². The van der Waals surface area contributed by atoms with Crippen molar-refractivity contribution < 1.29 is 24.6 Å². The summed E-state index contributed by atoms with van der Waals surface area (Å²) in [6.45, 7) is 7.59. The second-order valence-corrected chi connectivity index (χ2v) is 10.5. The predicted octanol–water partition coefficient (Wildman–Crippen LogP) is 4.45. The van der Waals surface area contributed by atoms with Crippen LogP contribution in [-0.4, -0.2) is 40.3 Å². The zero-order chi connectivity index (χ0) is 25.0. The normalized spacial score (nSPS) is 11.8. The van der Waals surface area contributed by atoms with Crippen LogP contribution in [-0.2, 0) is 10.2 Å². The SMILES string of the molecule is CC(=NNC(=O)c1ccc(C(=O)NCC(=O)O)s1)c1csc(-c2ccc(C(C)(C)C)cc2)c1O. The van der Waals surface area contributed by atoms with E-state index in [1.807, 2.05) is 24.3 Å². The summed E-state index contributed by atoms with van der Waals surface area (Å²) in [5.74, 6) is -2.15. The van der Waals surface area contributed by atoms with Crippen LogP contribution in [0.15, 0.2) is 46.9 Å². The number of carboxylic acids is 1. The maximum atomic E-state index is 12.4. The Bertz CT molecular complexity index is 1250. The Morgan fingerprint density at radius 3 is 2.21 bits per heavy atom. The maximum Gasteiger partial charge on any atom is 0.322 e. The molecule has 0 saturated heterocycles. The van der Waals surface area contributed by atoms with E-state index in [4.69, 9.17) is 5.11 Å². The van der Waals surface area contributed by atoms with Gasteiger partial charge in [0.15, 0.2) is 0 Å². The predicted molar refractivity (Wildman–Crippen MR) is 134 cm³/mol. The molecule has 4 N–H and O–H groups in total. The zero-order valence-electron chi connectivity index (χ0n) is 19.1. The highest BCUT2D eigenvalue weighted by molar-refractivity contribution is 7.16. The van der Waals surface area contributed by atoms with Crippen molar-refractivity contribution in [1.82, 2.24) is 10.7 Å². The van der Waals surface area contributed by atoms with Gasteiger partial charge in [-0.1, -0.05) is 45.0 Å². The van der Waals surface area contributed by atoms with Crippen LogP contribution in [0.2, 0.25) is 0 Å². The van der Waals surface area contributed by atoms with Crippen LogP contribution in [0.1, 0.15) is 58.2 Å². The maximum absolute atomic E-state index is 12.4. The first-order valence-electron chi connectivity index (χ1n) is 10.3. The number of benzene rings is 1. The van der Waals surface area contributed by atoms with Gasteiger partial charge in [0.1, 0.15) is 12.3 Å². The van der Waals surface area contributed by atoms with Gasteiger partial charge in [-0.05, 0) is 35.6 Å². The van der Waals surface area contributed by atoms with Gasteiger partial charge in [0.25, 0.3) is 11.8 Å². The van der Waals surface area contributed by atoms with E-state index in [9.17, 15) is 19.5 Å². The van der Waals surface area contributed by atoms with Crippen LogP contribution in [0.3, 0.4) is 0 Å². The summed E-state index contributed by atoms with van der Waals surface area (Å²) in [7, 11) is 0. The van der Waals surface area contributed by atoms with Crippen LogP contribution in [0.4, 0.5) is 0 Å². The average molecular weight is 500 g/mol. The molecule has 2 heterocycles. The van der Waals surface area contributed by atoms with Gasteiger partial charge in [0, 0.05) is 5.38 Å². The minimum absolute atomic E-state index is 0.0359. The van der Waals surface area contributed by atoms with Crippen molar-refractivity contribution in [3.05, 3.63) is 62.7 Å². The fourth-order valence-corrected chi connectivity index (χ4v) is 4.83. The molecule has 2 amide bonds. The van der Waals surface area contributed by atoms with E-state index in [0.717, 1.165) is 16.9 Å². The number of aromatic hydroxyl groups is 1. The third-order valence-corrected chi connectivity index (χ3v) is 7.05.